The summed E-state index contributed by atoms with van der Waals surface area (Å²) in [6, 6.07) is 9.49. The summed E-state index contributed by atoms with van der Waals surface area (Å²) in [6.07, 6.45) is 10.8. The fraction of sp³-hybridized carbons (Fsp3) is 0.208. The average molecular weight is 455 g/mol. The van der Waals surface area contributed by atoms with Crippen LogP contribution in [0.2, 0.25) is 0 Å². The Balaban J connectivity index is 1.23. The lowest BCUT2D eigenvalue weighted by Crippen LogP contribution is -2.30. The zero-order valence-electron chi connectivity index (χ0n) is 18.4. The summed E-state index contributed by atoms with van der Waals surface area (Å²) in [5, 5.41) is 13.9. The molecule has 0 N–H and O–H groups in total. The van der Waals surface area contributed by atoms with Gasteiger partial charge in [0.05, 0.1) is 43.4 Å². The van der Waals surface area contributed by atoms with Crippen molar-refractivity contribution in [3.63, 3.8) is 0 Å². The van der Waals surface area contributed by atoms with Crippen molar-refractivity contribution in [2.24, 2.45) is 7.05 Å². The highest BCUT2D eigenvalue weighted by Gasteiger charge is 2.21. The van der Waals surface area contributed by atoms with Crippen molar-refractivity contribution in [2.45, 2.75) is 12.6 Å². The molecule has 0 spiro atoms. The van der Waals surface area contributed by atoms with E-state index in [9.17, 15) is 4.79 Å². The quantitative estimate of drug-likeness (QED) is 0.388. The molecule has 5 aromatic rings. The zero-order valence-corrected chi connectivity index (χ0v) is 18.4. The summed E-state index contributed by atoms with van der Waals surface area (Å²) in [4.78, 5) is 16.9. The lowest BCUT2D eigenvalue weighted by Gasteiger charge is -2.25. The molecule has 0 unspecified atom stereocenters. The second kappa shape index (κ2) is 8.23. The van der Waals surface area contributed by atoms with Crippen LogP contribution in [0.5, 0.6) is 5.75 Å². The largest absolute Gasteiger partial charge is 0.487 e. The summed E-state index contributed by atoms with van der Waals surface area (Å²) in [6.45, 7) is 1.44. The van der Waals surface area contributed by atoms with Crippen LogP contribution in [0.25, 0.3) is 27.7 Å². The Bertz CT molecular complexity index is 1550. The highest BCUT2D eigenvalue weighted by molar-refractivity contribution is 5.84. The average Bonchev–Trinajstić information content (AvgIpc) is 3.46. The van der Waals surface area contributed by atoms with E-state index in [-0.39, 0.29) is 12.0 Å². The molecular formula is C24H21N7O3. The fourth-order valence-corrected chi connectivity index (χ4v) is 3.79. The molecule has 5 heterocycles. The Kier molecular flexibility index (Phi) is 4.92. The number of hydrogen-bond acceptors (Lipinski definition) is 7. The first-order valence-electron chi connectivity index (χ1n) is 10.9. The van der Waals surface area contributed by atoms with Crippen LogP contribution in [-0.2, 0) is 18.4 Å². The Morgan fingerprint density at radius 2 is 1.97 bits per heavy atom. The van der Waals surface area contributed by atoms with Gasteiger partial charge in [-0.05, 0) is 24.3 Å². The number of ether oxygens (including phenoxy) is 2. The molecule has 34 heavy (non-hydrogen) atoms. The van der Waals surface area contributed by atoms with E-state index >= 15 is 0 Å². The maximum atomic E-state index is 12.3. The Labute approximate surface area is 194 Å². The third-order valence-electron chi connectivity index (χ3n) is 5.79. The first kappa shape index (κ1) is 20.3. The van der Waals surface area contributed by atoms with Crippen LogP contribution in [0.3, 0.4) is 0 Å². The van der Waals surface area contributed by atoms with E-state index in [1.54, 1.807) is 21.8 Å². The van der Waals surface area contributed by atoms with Crippen molar-refractivity contribution in [2.75, 3.05) is 13.2 Å². The van der Waals surface area contributed by atoms with E-state index in [0.717, 1.165) is 27.7 Å². The van der Waals surface area contributed by atoms with Gasteiger partial charge in [-0.3, -0.25) is 19.1 Å². The Hall–Kier alpha value is -4.31. The Morgan fingerprint density at radius 1 is 1.06 bits per heavy atom. The van der Waals surface area contributed by atoms with Gasteiger partial charge in [0, 0.05) is 48.2 Å². The predicted molar refractivity (Wildman–Crippen MR) is 124 cm³/mol. The van der Waals surface area contributed by atoms with E-state index in [0.29, 0.717) is 30.7 Å². The SMILES string of the molecule is Cn1cc(-n2ccc(=O)c(COc3ccc4ncc(-c5cnn(C6COC6)c5)cc4c3)n2)cn1. The first-order chi connectivity index (χ1) is 16.6. The normalized spacial score (nSPS) is 13.8. The lowest BCUT2D eigenvalue weighted by molar-refractivity contribution is -0.0286. The topological polar surface area (TPSA) is 102 Å². The Morgan fingerprint density at radius 3 is 2.76 bits per heavy atom. The smallest absolute Gasteiger partial charge is 0.206 e. The molecule has 0 saturated carbocycles. The predicted octanol–water partition coefficient (Wildman–Crippen LogP) is 2.53. The van der Waals surface area contributed by atoms with Gasteiger partial charge in [0.15, 0.2) is 0 Å². The molecule has 0 bridgehead atoms. The molecule has 1 aliphatic heterocycles. The van der Waals surface area contributed by atoms with Gasteiger partial charge in [-0.25, -0.2) is 4.68 Å². The van der Waals surface area contributed by atoms with E-state index < -0.39 is 0 Å². The number of fused-ring (bicyclic) bond motifs is 1. The molecule has 1 saturated heterocycles. The van der Waals surface area contributed by atoms with E-state index in [2.05, 4.69) is 26.3 Å². The lowest BCUT2D eigenvalue weighted by atomic mass is 10.1. The molecule has 1 fully saturated rings. The summed E-state index contributed by atoms with van der Waals surface area (Å²) >= 11 is 0. The number of pyridine rings is 1. The van der Waals surface area contributed by atoms with Gasteiger partial charge in [-0.1, -0.05) is 0 Å². The van der Waals surface area contributed by atoms with Crippen LogP contribution >= 0.6 is 0 Å². The van der Waals surface area contributed by atoms with E-state index in [4.69, 9.17) is 9.47 Å². The highest BCUT2D eigenvalue weighted by Crippen LogP contribution is 2.27. The van der Waals surface area contributed by atoms with Gasteiger partial charge in [-0.2, -0.15) is 15.3 Å². The zero-order chi connectivity index (χ0) is 23.1. The molecule has 0 atom stereocenters. The molecule has 1 aromatic carbocycles. The number of rotatable bonds is 6. The molecule has 0 radical (unpaired) electrons. The summed E-state index contributed by atoms with van der Waals surface area (Å²) in [7, 11) is 1.82. The molecule has 170 valence electrons. The van der Waals surface area contributed by atoms with Crippen molar-refractivity contribution in [1.29, 1.82) is 0 Å². The standard InChI is InChI=1S/C24H21N7O3/c1-29-12-19(10-26-29)30-5-4-24(32)23(28-30)15-34-21-2-3-22-16(7-21)6-17(8-25-22)18-9-27-31(11-18)20-13-33-14-20/h2-12,20H,13-15H2,1H3. The van der Waals surface area contributed by atoms with Crippen LogP contribution in [0.4, 0.5) is 0 Å². The van der Waals surface area contributed by atoms with Gasteiger partial charge < -0.3 is 9.47 Å². The van der Waals surface area contributed by atoms with Crippen molar-refractivity contribution >= 4 is 10.9 Å². The monoisotopic (exact) mass is 455 g/mol. The van der Waals surface area contributed by atoms with E-state index in [1.807, 2.05) is 54.7 Å². The van der Waals surface area contributed by atoms with Gasteiger partial charge in [-0.15, -0.1) is 0 Å². The first-order valence-corrected chi connectivity index (χ1v) is 10.9. The van der Waals surface area contributed by atoms with Crippen molar-refractivity contribution in [1.82, 2.24) is 34.3 Å². The van der Waals surface area contributed by atoms with Gasteiger partial charge in [0.2, 0.25) is 5.43 Å². The number of nitrogens with zero attached hydrogens (tertiary/aromatic N) is 7. The number of hydrogen-bond donors (Lipinski definition) is 0. The minimum Gasteiger partial charge on any atom is -0.487 e. The summed E-state index contributed by atoms with van der Waals surface area (Å²) in [5.74, 6) is 0.631. The van der Waals surface area contributed by atoms with Crippen LogP contribution in [0.1, 0.15) is 11.7 Å². The summed E-state index contributed by atoms with van der Waals surface area (Å²) < 4.78 is 16.4. The van der Waals surface area contributed by atoms with E-state index in [1.165, 1.54) is 6.07 Å². The summed E-state index contributed by atoms with van der Waals surface area (Å²) in [5.41, 5.74) is 3.72. The molecule has 0 aliphatic carbocycles. The molecule has 6 rings (SSSR count). The van der Waals surface area contributed by atoms with Crippen molar-refractivity contribution in [3.8, 4) is 22.6 Å². The molecule has 1 aliphatic rings. The van der Waals surface area contributed by atoms with Crippen molar-refractivity contribution in [3.05, 3.63) is 83.4 Å². The third kappa shape index (κ3) is 3.84. The van der Waals surface area contributed by atoms with Crippen LogP contribution in [0.15, 0.2) is 72.3 Å². The minimum absolute atomic E-state index is 0.0504. The molecule has 10 nitrogen and oxygen atoms in total. The number of aromatic nitrogens is 7. The molecule has 4 aromatic heterocycles. The second-order valence-corrected chi connectivity index (χ2v) is 8.21. The number of benzene rings is 1. The molecular weight excluding hydrogens is 434 g/mol. The van der Waals surface area contributed by atoms with Gasteiger partial charge in [0.1, 0.15) is 23.7 Å². The maximum absolute atomic E-state index is 12.3. The van der Waals surface area contributed by atoms with Crippen LogP contribution in [0, 0.1) is 0 Å². The van der Waals surface area contributed by atoms with Gasteiger partial charge >= 0.3 is 0 Å². The van der Waals surface area contributed by atoms with Gasteiger partial charge in [0.25, 0.3) is 0 Å². The molecule has 0 amide bonds. The molecule has 10 heteroatoms. The maximum Gasteiger partial charge on any atom is 0.206 e. The number of aryl methyl sites for hydroxylation is 1. The van der Waals surface area contributed by atoms with Crippen molar-refractivity contribution < 1.29 is 9.47 Å². The van der Waals surface area contributed by atoms with Crippen LogP contribution in [-0.4, -0.2) is 47.5 Å². The highest BCUT2D eigenvalue weighted by atomic mass is 16.5. The fourth-order valence-electron chi connectivity index (χ4n) is 3.79. The minimum atomic E-state index is -0.182. The second-order valence-electron chi connectivity index (χ2n) is 8.21. The third-order valence-corrected chi connectivity index (χ3v) is 5.79. The van der Waals surface area contributed by atoms with Crippen LogP contribution < -0.4 is 10.2 Å².